The topological polar surface area (TPSA) is 52.0 Å². The van der Waals surface area contributed by atoms with E-state index in [1.54, 1.807) is 0 Å². The van der Waals surface area contributed by atoms with E-state index in [9.17, 15) is 0 Å². The van der Waals surface area contributed by atoms with Crippen LogP contribution in [0, 0.1) is 0 Å². The molecule has 1 aromatic carbocycles. The highest BCUT2D eigenvalue weighted by Gasteiger charge is 2.06. The molecule has 0 unspecified atom stereocenters. The zero-order chi connectivity index (χ0) is 12.6. The van der Waals surface area contributed by atoms with E-state index in [1.807, 2.05) is 45.9 Å². The van der Waals surface area contributed by atoms with Crippen LogP contribution in [-0.4, -0.2) is 5.16 Å². The molecule has 2 rings (SSSR count). The standard InChI is InChI=1S/C9H10N2O.2C2H6/c1-2-6-4-3-5-7-8(6)12-11-9(7)10;2*1-2/h3-5H,2H2,1H3,(H2,10,11);2*1-2H3. The molecule has 16 heavy (non-hydrogen) atoms. The zero-order valence-corrected chi connectivity index (χ0v) is 10.9. The summed E-state index contributed by atoms with van der Waals surface area (Å²) in [5.74, 6) is 0.473. The molecule has 2 N–H and O–H groups in total. The monoisotopic (exact) mass is 222 g/mol. The summed E-state index contributed by atoms with van der Waals surface area (Å²) in [6, 6.07) is 5.90. The van der Waals surface area contributed by atoms with Crippen LogP contribution in [0.25, 0.3) is 11.0 Å². The average Bonchev–Trinajstić information content (AvgIpc) is 2.76. The van der Waals surface area contributed by atoms with Crippen LogP contribution in [0.5, 0.6) is 0 Å². The van der Waals surface area contributed by atoms with Crippen molar-refractivity contribution in [3.05, 3.63) is 23.8 Å². The van der Waals surface area contributed by atoms with Gasteiger partial charge < -0.3 is 10.3 Å². The highest BCUT2D eigenvalue weighted by Crippen LogP contribution is 2.23. The number of hydrogen-bond donors (Lipinski definition) is 1. The Hall–Kier alpha value is -1.51. The van der Waals surface area contributed by atoms with Crippen LogP contribution in [-0.2, 0) is 6.42 Å². The lowest BCUT2D eigenvalue weighted by atomic mass is 10.1. The van der Waals surface area contributed by atoms with Crippen molar-refractivity contribution in [2.24, 2.45) is 0 Å². The summed E-state index contributed by atoms with van der Waals surface area (Å²) in [5, 5.41) is 4.62. The van der Waals surface area contributed by atoms with E-state index in [-0.39, 0.29) is 0 Å². The zero-order valence-electron chi connectivity index (χ0n) is 10.9. The lowest BCUT2D eigenvalue weighted by Crippen LogP contribution is -1.84. The molecule has 0 aliphatic carbocycles. The van der Waals surface area contributed by atoms with E-state index < -0.39 is 0 Å². The molecule has 90 valence electrons. The van der Waals surface area contributed by atoms with Crippen molar-refractivity contribution >= 4 is 16.8 Å². The molecule has 1 aromatic heterocycles. The molecular formula is C13H22N2O. The molecule has 0 atom stereocenters. The Labute approximate surface area is 97.6 Å². The Balaban J connectivity index is 0.000000509. The van der Waals surface area contributed by atoms with Gasteiger partial charge in [-0.15, -0.1) is 0 Å². The molecule has 0 bridgehead atoms. The van der Waals surface area contributed by atoms with Crippen molar-refractivity contribution in [3.8, 4) is 0 Å². The van der Waals surface area contributed by atoms with E-state index in [0.29, 0.717) is 5.82 Å². The summed E-state index contributed by atoms with van der Waals surface area (Å²) < 4.78 is 5.10. The Kier molecular flexibility index (Phi) is 7.01. The molecule has 0 saturated carbocycles. The smallest absolute Gasteiger partial charge is 0.174 e. The Morgan fingerprint density at radius 2 is 1.81 bits per heavy atom. The highest BCUT2D eigenvalue weighted by atomic mass is 16.5. The van der Waals surface area contributed by atoms with Gasteiger partial charge in [0.2, 0.25) is 0 Å². The number of fused-ring (bicyclic) bond motifs is 1. The fourth-order valence-electron chi connectivity index (χ4n) is 1.32. The molecule has 0 saturated heterocycles. The Morgan fingerprint density at radius 1 is 1.19 bits per heavy atom. The van der Waals surface area contributed by atoms with Crippen LogP contribution >= 0.6 is 0 Å². The number of nitrogens with zero attached hydrogens (tertiary/aromatic N) is 1. The summed E-state index contributed by atoms with van der Waals surface area (Å²) in [4.78, 5) is 0. The minimum absolute atomic E-state index is 0.473. The molecule has 0 fully saturated rings. The number of nitrogens with two attached hydrogens (primary N) is 1. The summed E-state index contributed by atoms with van der Waals surface area (Å²) in [6.07, 6.45) is 0.936. The van der Waals surface area contributed by atoms with Crippen molar-refractivity contribution in [2.45, 2.75) is 41.0 Å². The number of rotatable bonds is 1. The molecule has 2 aromatic rings. The second kappa shape index (κ2) is 7.74. The molecule has 1 heterocycles. The summed E-state index contributed by atoms with van der Waals surface area (Å²) in [5.41, 5.74) is 7.56. The van der Waals surface area contributed by atoms with Gasteiger partial charge in [-0.2, -0.15) is 0 Å². The fraction of sp³-hybridized carbons (Fsp3) is 0.462. The summed E-state index contributed by atoms with van der Waals surface area (Å²) in [7, 11) is 0. The fourth-order valence-corrected chi connectivity index (χ4v) is 1.32. The summed E-state index contributed by atoms with van der Waals surface area (Å²) in [6.45, 7) is 10.1. The van der Waals surface area contributed by atoms with Crippen LogP contribution in [0.4, 0.5) is 5.82 Å². The van der Waals surface area contributed by atoms with E-state index in [1.165, 1.54) is 0 Å². The predicted octanol–water partition coefficient (Wildman–Crippen LogP) is 4.02. The van der Waals surface area contributed by atoms with Gasteiger partial charge in [0.1, 0.15) is 0 Å². The van der Waals surface area contributed by atoms with Gasteiger partial charge in [-0.05, 0) is 18.1 Å². The van der Waals surface area contributed by atoms with E-state index in [0.717, 1.165) is 23.0 Å². The normalized spacial score (nSPS) is 8.81. The van der Waals surface area contributed by atoms with Crippen LogP contribution in [0.2, 0.25) is 0 Å². The number of anilines is 1. The molecule has 3 heteroatoms. The Bertz CT molecular complexity index is 407. The van der Waals surface area contributed by atoms with Gasteiger partial charge in [-0.25, -0.2) is 0 Å². The van der Waals surface area contributed by atoms with Crippen LogP contribution < -0.4 is 5.73 Å². The summed E-state index contributed by atoms with van der Waals surface area (Å²) >= 11 is 0. The van der Waals surface area contributed by atoms with E-state index >= 15 is 0 Å². The van der Waals surface area contributed by atoms with Crippen molar-refractivity contribution in [1.29, 1.82) is 0 Å². The first-order valence-electron chi connectivity index (χ1n) is 5.95. The largest absolute Gasteiger partial charge is 0.380 e. The molecule has 3 nitrogen and oxygen atoms in total. The predicted molar refractivity (Wildman–Crippen MR) is 70.5 cm³/mol. The number of benzene rings is 1. The molecule has 0 amide bonds. The van der Waals surface area contributed by atoms with Crippen LogP contribution in [0.1, 0.15) is 40.2 Å². The lowest BCUT2D eigenvalue weighted by molar-refractivity contribution is 0.458. The second-order valence-corrected chi connectivity index (χ2v) is 2.72. The SMILES string of the molecule is CC.CC.CCc1cccc2c(N)noc12. The average molecular weight is 222 g/mol. The van der Waals surface area contributed by atoms with E-state index in [4.69, 9.17) is 10.3 Å². The van der Waals surface area contributed by atoms with Gasteiger partial charge in [0.05, 0.1) is 5.39 Å². The third-order valence-corrected chi connectivity index (χ3v) is 1.99. The maximum absolute atomic E-state index is 5.59. The lowest BCUT2D eigenvalue weighted by Gasteiger charge is -1.94. The number of aryl methyl sites for hydroxylation is 1. The van der Waals surface area contributed by atoms with Gasteiger partial charge in [0, 0.05) is 0 Å². The maximum Gasteiger partial charge on any atom is 0.174 e. The first-order chi connectivity index (χ1) is 7.83. The molecule has 0 aliphatic heterocycles. The number of nitrogen functional groups attached to an aromatic ring is 1. The first kappa shape index (κ1) is 14.5. The number of hydrogen-bond acceptors (Lipinski definition) is 3. The quantitative estimate of drug-likeness (QED) is 0.792. The van der Waals surface area contributed by atoms with Gasteiger partial charge >= 0.3 is 0 Å². The molecule has 0 aliphatic rings. The van der Waals surface area contributed by atoms with E-state index in [2.05, 4.69) is 12.1 Å². The van der Waals surface area contributed by atoms with Gasteiger partial charge in [-0.1, -0.05) is 51.9 Å². The van der Waals surface area contributed by atoms with Crippen molar-refractivity contribution < 1.29 is 4.52 Å². The molecular weight excluding hydrogens is 200 g/mol. The molecule has 0 spiro atoms. The van der Waals surface area contributed by atoms with Crippen molar-refractivity contribution in [3.63, 3.8) is 0 Å². The van der Waals surface area contributed by atoms with Gasteiger partial charge in [0.25, 0.3) is 0 Å². The van der Waals surface area contributed by atoms with Crippen LogP contribution in [0.3, 0.4) is 0 Å². The Morgan fingerprint density at radius 3 is 2.38 bits per heavy atom. The maximum atomic E-state index is 5.59. The van der Waals surface area contributed by atoms with Crippen molar-refractivity contribution in [1.82, 2.24) is 5.16 Å². The highest BCUT2D eigenvalue weighted by molar-refractivity contribution is 5.88. The second-order valence-electron chi connectivity index (χ2n) is 2.72. The minimum Gasteiger partial charge on any atom is -0.380 e. The number of aromatic nitrogens is 1. The minimum atomic E-state index is 0.473. The molecule has 0 radical (unpaired) electrons. The van der Waals surface area contributed by atoms with Gasteiger partial charge in [0.15, 0.2) is 11.4 Å². The van der Waals surface area contributed by atoms with Crippen LogP contribution in [0.15, 0.2) is 22.7 Å². The third-order valence-electron chi connectivity index (χ3n) is 1.99. The van der Waals surface area contributed by atoms with Crippen molar-refractivity contribution in [2.75, 3.05) is 5.73 Å². The van der Waals surface area contributed by atoms with Gasteiger partial charge in [-0.3, -0.25) is 0 Å². The third kappa shape index (κ3) is 2.99. The number of para-hydroxylation sites is 1. The first-order valence-corrected chi connectivity index (χ1v) is 5.95.